The lowest BCUT2D eigenvalue weighted by atomic mass is 9.75. The summed E-state index contributed by atoms with van der Waals surface area (Å²) in [6, 6.07) is 0. The van der Waals surface area contributed by atoms with Crippen molar-refractivity contribution in [2.24, 2.45) is 0 Å². The van der Waals surface area contributed by atoms with E-state index in [2.05, 4.69) is 12.2 Å². The van der Waals surface area contributed by atoms with Crippen molar-refractivity contribution in [2.75, 3.05) is 20.3 Å². The van der Waals surface area contributed by atoms with E-state index >= 15 is 0 Å². The fourth-order valence-electron chi connectivity index (χ4n) is 1.83. The van der Waals surface area contributed by atoms with Gasteiger partial charge in [0.15, 0.2) is 0 Å². The smallest absolute Gasteiger partial charge is 0.0474 e. The molecule has 1 fully saturated rings. The molecule has 0 heterocycles. The first-order chi connectivity index (χ1) is 5.83. The zero-order chi connectivity index (χ0) is 8.86. The van der Waals surface area contributed by atoms with Crippen LogP contribution in [0.5, 0.6) is 0 Å². The van der Waals surface area contributed by atoms with E-state index in [1.807, 2.05) is 0 Å². The van der Waals surface area contributed by atoms with Gasteiger partial charge in [0.25, 0.3) is 0 Å². The minimum atomic E-state index is 0.508. The average Bonchev–Trinajstić information content (AvgIpc) is 2.02. The molecular formula is C10H21NO. The van der Waals surface area contributed by atoms with Crippen molar-refractivity contribution in [3.05, 3.63) is 0 Å². The van der Waals surface area contributed by atoms with Crippen LogP contribution < -0.4 is 5.32 Å². The Morgan fingerprint density at radius 1 is 1.42 bits per heavy atom. The molecule has 0 bridgehead atoms. The third-order valence-corrected chi connectivity index (χ3v) is 3.01. The zero-order valence-corrected chi connectivity index (χ0v) is 8.36. The maximum atomic E-state index is 5.00. The SMILES string of the molecule is CCC1(NCCCOC)CCC1. The van der Waals surface area contributed by atoms with Crippen LogP contribution in [0.4, 0.5) is 0 Å². The predicted octanol–water partition coefficient (Wildman–Crippen LogP) is 1.95. The van der Waals surface area contributed by atoms with Crippen LogP contribution in [0.2, 0.25) is 0 Å². The van der Waals surface area contributed by atoms with Crippen molar-refractivity contribution in [3.63, 3.8) is 0 Å². The minimum Gasteiger partial charge on any atom is -0.385 e. The molecule has 1 aliphatic carbocycles. The zero-order valence-electron chi connectivity index (χ0n) is 8.36. The third-order valence-electron chi connectivity index (χ3n) is 3.01. The molecular weight excluding hydrogens is 150 g/mol. The monoisotopic (exact) mass is 171 g/mol. The average molecular weight is 171 g/mol. The summed E-state index contributed by atoms with van der Waals surface area (Å²) in [4.78, 5) is 0. The third kappa shape index (κ3) is 2.46. The first-order valence-electron chi connectivity index (χ1n) is 5.07. The van der Waals surface area contributed by atoms with E-state index in [1.54, 1.807) is 7.11 Å². The molecule has 0 unspecified atom stereocenters. The quantitative estimate of drug-likeness (QED) is 0.617. The molecule has 72 valence electrons. The maximum Gasteiger partial charge on any atom is 0.0474 e. The normalized spacial score (nSPS) is 20.5. The summed E-state index contributed by atoms with van der Waals surface area (Å²) in [5.41, 5.74) is 0.508. The van der Waals surface area contributed by atoms with Crippen LogP contribution in [0.3, 0.4) is 0 Å². The minimum absolute atomic E-state index is 0.508. The highest BCUT2D eigenvalue weighted by atomic mass is 16.5. The molecule has 0 aliphatic heterocycles. The van der Waals surface area contributed by atoms with Crippen LogP contribution in [-0.2, 0) is 4.74 Å². The number of ether oxygens (including phenoxy) is 1. The number of nitrogens with one attached hydrogen (secondary N) is 1. The van der Waals surface area contributed by atoms with Crippen LogP contribution in [0, 0.1) is 0 Å². The number of rotatable bonds is 6. The Morgan fingerprint density at radius 2 is 2.17 bits per heavy atom. The van der Waals surface area contributed by atoms with Crippen LogP contribution in [0.15, 0.2) is 0 Å². The van der Waals surface area contributed by atoms with Gasteiger partial charge in [0, 0.05) is 19.3 Å². The maximum absolute atomic E-state index is 5.00. The lowest BCUT2D eigenvalue weighted by molar-refractivity contribution is 0.158. The van der Waals surface area contributed by atoms with Crippen molar-refractivity contribution in [1.29, 1.82) is 0 Å². The van der Waals surface area contributed by atoms with Gasteiger partial charge in [-0.1, -0.05) is 6.92 Å². The first kappa shape index (κ1) is 10.0. The van der Waals surface area contributed by atoms with Crippen molar-refractivity contribution in [3.8, 4) is 0 Å². The second-order valence-corrected chi connectivity index (χ2v) is 3.76. The van der Waals surface area contributed by atoms with E-state index in [4.69, 9.17) is 4.74 Å². The molecule has 1 saturated carbocycles. The molecule has 0 atom stereocenters. The van der Waals surface area contributed by atoms with Crippen molar-refractivity contribution in [2.45, 2.75) is 44.6 Å². The molecule has 0 saturated heterocycles. The van der Waals surface area contributed by atoms with Gasteiger partial charge in [-0.3, -0.25) is 0 Å². The van der Waals surface area contributed by atoms with Gasteiger partial charge in [-0.2, -0.15) is 0 Å². The Balaban J connectivity index is 2.04. The number of hydrogen-bond acceptors (Lipinski definition) is 2. The summed E-state index contributed by atoms with van der Waals surface area (Å²) in [6.45, 7) is 4.27. The molecule has 1 rings (SSSR count). The van der Waals surface area contributed by atoms with Crippen LogP contribution in [0.25, 0.3) is 0 Å². The van der Waals surface area contributed by atoms with Gasteiger partial charge in [-0.25, -0.2) is 0 Å². The van der Waals surface area contributed by atoms with Crippen molar-refractivity contribution in [1.82, 2.24) is 5.32 Å². The van der Waals surface area contributed by atoms with E-state index in [-0.39, 0.29) is 0 Å². The van der Waals surface area contributed by atoms with E-state index in [9.17, 15) is 0 Å². The highest BCUT2D eigenvalue weighted by Crippen LogP contribution is 2.34. The van der Waals surface area contributed by atoms with E-state index in [0.717, 1.165) is 19.6 Å². The largest absolute Gasteiger partial charge is 0.385 e. The lowest BCUT2D eigenvalue weighted by Gasteiger charge is -2.42. The molecule has 1 N–H and O–H groups in total. The van der Waals surface area contributed by atoms with Gasteiger partial charge in [0.2, 0.25) is 0 Å². The number of hydrogen-bond donors (Lipinski definition) is 1. The second-order valence-electron chi connectivity index (χ2n) is 3.76. The Morgan fingerprint density at radius 3 is 2.58 bits per heavy atom. The standard InChI is InChI=1S/C10H21NO/c1-3-10(6-4-7-10)11-8-5-9-12-2/h11H,3-9H2,1-2H3. The molecule has 0 amide bonds. The highest BCUT2D eigenvalue weighted by molar-refractivity contribution is 4.94. The second kappa shape index (κ2) is 4.83. The van der Waals surface area contributed by atoms with Crippen LogP contribution >= 0.6 is 0 Å². The summed E-state index contributed by atoms with van der Waals surface area (Å²) in [7, 11) is 1.76. The Labute approximate surface area is 75.7 Å². The summed E-state index contributed by atoms with van der Waals surface area (Å²) in [5.74, 6) is 0. The number of methoxy groups -OCH3 is 1. The topological polar surface area (TPSA) is 21.3 Å². The van der Waals surface area contributed by atoms with Gasteiger partial charge in [-0.05, 0) is 38.6 Å². The fraction of sp³-hybridized carbons (Fsp3) is 1.00. The molecule has 0 radical (unpaired) electrons. The summed E-state index contributed by atoms with van der Waals surface area (Å²) in [6.07, 6.45) is 6.57. The van der Waals surface area contributed by atoms with Gasteiger partial charge >= 0.3 is 0 Å². The van der Waals surface area contributed by atoms with Gasteiger partial charge in [-0.15, -0.1) is 0 Å². The lowest BCUT2D eigenvalue weighted by Crippen LogP contribution is -2.50. The molecule has 2 nitrogen and oxygen atoms in total. The van der Waals surface area contributed by atoms with Crippen LogP contribution in [-0.4, -0.2) is 25.8 Å². The highest BCUT2D eigenvalue weighted by Gasteiger charge is 2.33. The summed E-state index contributed by atoms with van der Waals surface area (Å²) < 4.78 is 5.00. The summed E-state index contributed by atoms with van der Waals surface area (Å²) >= 11 is 0. The predicted molar refractivity (Wildman–Crippen MR) is 51.4 cm³/mol. The van der Waals surface area contributed by atoms with E-state index in [1.165, 1.54) is 25.7 Å². The molecule has 0 aromatic carbocycles. The molecule has 2 heteroatoms. The first-order valence-corrected chi connectivity index (χ1v) is 5.07. The molecule has 1 aliphatic rings. The fourth-order valence-corrected chi connectivity index (χ4v) is 1.83. The van der Waals surface area contributed by atoms with Crippen molar-refractivity contribution < 1.29 is 4.74 Å². The molecule has 0 aromatic heterocycles. The van der Waals surface area contributed by atoms with Gasteiger partial charge in [0.1, 0.15) is 0 Å². The molecule has 12 heavy (non-hydrogen) atoms. The molecule has 0 spiro atoms. The van der Waals surface area contributed by atoms with E-state index in [0.29, 0.717) is 5.54 Å². The van der Waals surface area contributed by atoms with Crippen molar-refractivity contribution >= 4 is 0 Å². The van der Waals surface area contributed by atoms with E-state index < -0.39 is 0 Å². The molecule has 0 aromatic rings. The Hall–Kier alpha value is -0.0800. The Bertz CT molecular complexity index is 115. The Kier molecular flexibility index (Phi) is 4.02. The summed E-state index contributed by atoms with van der Waals surface area (Å²) in [5, 5.41) is 3.64. The van der Waals surface area contributed by atoms with Crippen LogP contribution in [0.1, 0.15) is 39.0 Å². The van der Waals surface area contributed by atoms with Gasteiger partial charge in [0.05, 0.1) is 0 Å². The van der Waals surface area contributed by atoms with Gasteiger partial charge < -0.3 is 10.1 Å².